The molecule has 0 aliphatic carbocycles. The lowest BCUT2D eigenvalue weighted by atomic mass is 10.1. The number of guanidine groups is 1. The van der Waals surface area contributed by atoms with Gasteiger partial charge in [-0.05, 0) is 38.2 Å². The van der Waals surface area contributed by atoms with Gasteiger partial charge in [0.2, 0.25) is 0 Å². The fraction of sp³-hybridized carbons (Fsp3) is 0.632. The highest BCUT2D eigenvalue weighted by molar-refractivity contribution is 14.0. The molecular formula is C19H34IN3O3S. The van der Waals surface area contributed by atoms with Crippen molar-refractivity contribution < 1.29 is 14.2 Å². The van der Waals surface area contributed by atoms with Crippen LogP contribution in [-0.2, 0) is 6.42 Å². The molecule has 1 rings (SSSR count). The third kappa shape index (κ3) is 9.64. The highest BCUT2D eigenvalue weighted by Gasteiger charge is 2.13. The van der Waals surface area contributed by atoms with Gasteiger partial charge in [-0.1, -0.05) is 0 Å². The van der Waals surface area contributed by atoms with Crippen molar-refractivity contribution in [2.24, 2.45) is 4.99 Å². The summed E-state index contributed by atoms with van der Waals surface area (Å²) in [6.45, 7) is 4.48. The number of rotatable bonds is 12. The molecule has 0 aliphatic heterocycles. The molecule has 0 aromatic heterocycles. The zero-order valence-electron chi connectivity index (χ0n) is 17.1. The Morgan fingerprint density at radius 1 is 1.04 bits per heavy atom. The van der Waals surface area contributed by atoms with E-state index >= 15 is 0 Å². The van der Waals surface area contributed by atoms with Crippen LogP contribution < -0.4 is 24.8 Å². The number of halogens is 1. The average molecular weight is 511 g/mol. The minimum atomic E-state index is 0. The van der Waals surface area contributed by atoms with Crippen molar-refractivity contribution >= 4 is 41.7 Å². The van der Waals surface area contributed by atoms with E-state index in [4.69, 9.17) is 14.2 Å². The molecule has 0 saturated carbocycles. The van der Waals surface area contributed by atoms with Gasteiger partial charge in [-0.3, -0.25) is 4.99 Å². The summed E-state index contributed by atoms with van der Waals surface area (Å²) < 4.78 is 16.3. The molecule has 0 radical (unpaired) electrons. The summed E-state index contributed by atoms with van der Waals surface area (Å²) >= 11 is 1.88. The summed E-state index contributed by atoms with van der Waals surface area (Å²) in [7, 11) is 4.95. The number of ether oxygens (including phenoxy) is 3. The monoisotopic (exact) mass is 511 g/mol. The summed E-state index contributed by atoms with van der Waals surface area (Å²) in [4.78, 5) is 4.63. The van der Waals surface area contributed by atoms with E-state index in [9.17, 15) is 0 Å². The Labute approximate surface area is 185 Å². The normalized spacial score (nSPS) is 10.8. The summed E-state index contributed by atoms with van der Waals surface area (Å²) in [6.07, 6.45) is 5.20. The molecular weight excluding hydrogens is 477 g/mol. The maximum absolute atomic E-state index is 5.50. The summed E-state index contributed by atoms with van der Waals surface area (Å²) in [5.41, 5.74) is 1.01. The van der Waals surface area contributed by atoms with Gasteiger partial charge < -0.3 is 24.8 Å². The Kier molecular flexibility index (Phi) is 15.4. The molecule has 0 atom stereocenters. The predicted octanol–water partition coefficient (Wildman–Crippen LogP) is 3.57. The molecule has 0 unspecified atom stereocenters. The van der Waals surface area contributed by atoms with Crippen molar-refractivity contribution in [2.45, 2.75) is 26.2 Å². The van der Waals surface area contributed by atoms with Crippen LogP contribution in [0.3, 0.4) is 0 Å². The van der Waals surface area contributed by atoms with Gasteiger partial charge in [0, 0.05) is 37.3 Å². The van der Waals surface area contributed by atoms with Crippen molar-refractivity contribution in [2.75, 3.05) is 53.0 Å². The second kappa shape index (κ2) is 16.0. The van der Waals surface area contributed by atoms with Gasteiger partial charge in [0.25, 0.3) is 0 Å². The van der Waals surface area contributed by atoms with Gasteiger partial charge in [-0.25, -0.2) is 0 Å². The molecule has 2 N–H and O–H groups in total. The molecule has 0 fully saturated rings. The first-order valence-electron chi connectivity index (χ1n) is 9.00. The van der Waals surface area contributed by atoms with E-state index in [1.165, 1.54) is 12.2 Å². The van der Waals surface area contributed by atoms with Gasteiger partial charge in [0.1, 0.15) is 17.2 Å². The van der Waals surface area contributed by atoms with E-state index in [0.29, 0.717) is 0 Å². The molecule has 0 saturated heterocycles. The number of hydrogen-bond acceptors (Lipinski definition) is 5. The van der Waals surface area contributed by atoms with Crippen LogP contribution in [0.2, 0.25) is 0 Å². The Balaban J connectivity index is 0.00000676. The third-order valence-corrected chi connectivity index (χ3v) is 4.55. The molecule has 1 aromatic rings. The second-order valence-electron chi connectivity index (χ2n) is 5.65. The van der Waals surface area contributed by atoms with Crippen molar-refractivity contribution in [3.63, 3.8) is 0 Å². The van der Waals surface area contributed by atoms with Gasteiger partial charge in [0.05, 0.1) is 21.3 Å². The number of thioether (sulfide) groups is 1. The topological polar surface area (TPSA) is 64.1 Å². The molecule has 0 bridgehead atoms. The first-order valence-corrected chi connectivity index (χ1v) is 10.4. The molecule has 1 aromatic carbocycles. The van der Waals surface area contributed by atoms with Gasteiger partial charge in [0.15, 0.2) is 5.96 Å². The zero-order valence-corrected chi connectivity index (χ0v) is 20.2. The van der Waals surface area contributed by atoms with Crippen molar-refractivity contribution in [3.8, 4) is 17.2 Å². The van der Waals surface area contributed by atoms with Crippen LogP contribution in [0.15, 0.2) is 17.1 Å². The minimum absolute atomic E-state index is 0. The summed E-state index contributed by atoms with van der Waals surface area (Å²) in [5.74, 6) is 4.29. The van der Waals surface area contributed by atoms with Crippen molar-refractivity contribution in [1.82, 2.24) is 10.6 Å². The van der Waals surface area contributed by atoms with E-state index in [2.05, 4.69) is 28.8 Å². The predicted molar refractivity (Wildman–Crippen MR) is 127 cm³/mol. The molecule has 27 heavy (non-hydrogen) atoms. The van der Waals surface area contributed by atoms with Crippen LogP contribution in [0.25, 0.3) is 0 Å². The fourth-order valence-corrected chi connectivity index (χ4v) is 3.01. The van der Waals surface area contributed by atoms with E-state index in [-0.39, 0.29) is 24.0 Å². The first kappa shape index (κ1) is 26.0. The van der Waals surface area contributed by atoms with E-state index < -0.39 is 0 Å². The van der Waals surface area contributed by atoms with Crippen LogP contribution in [0.5, 0.6) is 17.2 Å². The van der Waals surface area contributed by atoms with E-state index in [1.807, 2.05) is 23.9 Å². The number of methoxy groups -OCH3 is 3. The number of benzene rings is 1. The van der Waals surface area contributed by atoms with Crippen LogP contribution >= 0.6 is 35.7 Å². The van der Waals surface area contributed by atoms with Crippen LogP contribution in [0.4, 0.5) is 0 Å². The van der Waals surface area contributed by atoms with Gasteiger partial charge >= 0.3 is 0 Å². The Bertz CT molecular complexity index is 534. The first-order chi connectivity index (χ1) is 12.7. The summed E-state index contributed by atoms with van der Waals surface area (Å²) in [5, 5.41) is 6.67. The Morgan fingerprint density at radius 3 is 2.22 bits per heavy atom. The number of nitrogens with one attached hydrogen (secondary N) is 2. The molecule has 6 nitrogen and oxygen atoms in total. The molecule has 0 heterocycles. The highest BCUT2D eigenvalue weighted by Crippen LogP contribution is 2.34. The quantitative estimate of drug-likeness (QED) is 0.194. The number of hydrogen-bond donors (Lipinski definition) is 2. The zero-order chi connectivity index (χ0) is 19.2. The van der Waals surface area contributed by atoms with Crippen LogP contribution in [0.1, 0.15) is 25.3 Å². The lowest BCUT2D eigenvalue weighted by molar-refractivity contribution is 0.368. The molecule has 8 heteroatoms. The minimum Gasteiger partial charge on any atom is -0.496 e. The maximum Gasteiger partial charge on any atom is 0.191 e. The largest absolute Gasteiger partial charge is 0.496 e. The Morgan fingerprint density at radius 2 is 1.70 bits per heavy atom. The molecule has 0 amide bonds. The standard InChI is InChI=1S/C19H33N3O3S.HI/c1-6-20-19(21-10-7-8-12-26-5)22-11-9-16-17(24-3)13-15(23-2)14-18(16)25-4;/h13-14H,6-12H2,1-5H3,(H2,20,21,22);1H. The average Bonchev–Trinajstić information content (AvgIpc) is 2.67. The fourth-order valence-electron chi connectivity index (χ4n) is 2.52. The third-order valence-electron chi connectivity index (χ3n) is 3.86. The van der Waals surface area contributed by atoms with Gasteiger partial charge in [-0.2, -0.15) is 11.8 Å². The van der Waals surface area contributed by atoms with Crippen molar-refractivity contribution in [1.29, 1.82) is 0 Å². The van der Waals surface area contributed by atoms with Gasteiger partial charge in [-0.15, -0.1) is 24.0 Å². The molecule has 0 spiro atoms. The number of aliphatic imine (C=N–C) groups is 1. The second-order valence-corrected chi connectivity index (χ2v) is 6.63. The van der Waals surface area contributed by atoms with E-state index in [0.717, 1.165) is 61.2 Å². The summed E-state index contributed by atoms with van der Waals surface area (Å²) in [6, 6.07) is 3.76. The lowest BCUT2D eigenvalue weighted by Crippen LogP contribution is -2.38. The molecule has 156 valence electrons. The lowest BCUT2D eigenvalue weighted by Gasteiger charge is -2.16. The number of unbranched alkanes of at least 4 members (excludes halogenated alkanes) is 1. The maximum atomic E-state index is 5.50. The smallest absolute Gasteiger partial charge is 0.191 e. The van der Waals surface area contributed by atoms with Crippen molar-refractivity contribution in [3.05, 3.63) is 17.7 Å². The SMILES string of the molecule is CCNC(=NCCCCSC)NCCc1c(OC)cc(OC)cc1OC.I. The molecule has 0 aliphatic rings. The number of nitrogens with zero attached hydrogens (tertiary/aromatic N) is 1. The van der Waals surface area contributed by atoms with Crippen LogP contribution in [0, 0.1) is 0 Å². The Hall–Kier alpha value is -1.03. The highest BCUT2D eigenvalue weighted by atomic mass is 127. The van der Waals surface area contributed by atoms with E-state index in [1.54, 1.807) is 21.3 Å². The van der Waals surface area contributed by atoms with Crippen LogP contribution in [-0.4, -0.2) is 58.9 Å².